The molecule has 3 aliphatic rings. The number of nitrogens with two attached hydrogens (primary N) is 1. The lowest BCUT2D eigenvalue weighted by molar-refractivity contribution is 0.0194. The van der Waals surface area contributed by atoms with Gasteiger partial charge in [0.2, 0.25) is 5.95 Å². The number of fused-ring (bicyclic) bond motifs is 3. The third kappa shape index (κ3) is 9.12. The number of nitrogens with zero attached hydrogens (tertiary/aromatic N) is 4. The average molecular weight is 572 g/mol. The van der Waals surface area contributed by atoms with E-state index in [0.717, 1.165) is 30.0 Å². The van der Waals surface area contributed by atoms with Crippen molar-refractivity contribution in [2.75, 3.05) is 41.8 Å². The molecular weight excluding hydrogens is 522 g/mol. The average Bonchev–Trinajstić information content (AvgIpc) is 3.79. The molecule has 0 bridgehead atoms. The van der Waals surface area contributed by atoms with Gasteiger partial charge in [-0.2, -0.15) is 4.98 Å². The first kappa shape index (κ1) is 33.4. The van der Waals surface area contributed by atoms with Gasteiger partial charge >= 0.3 is 6.09 Å². The maximum Gasteiger partial charge on any atom is 0.410 e. The summed E-state index contributed by atoms with van der Waals surface area (Å²) in [5.41, 5.74) is 6.96. The van der Waals surface area contributed by atoms with Gasteiger partial charge in [0.1, 0.15) is 23.8 Å². The van der Waals surface area contributed by atoms with Crippen molar-refractivity contribution in [2.24, 2.45) is 5.73 Å². The normalized spacial score (nSPS) is 16.9. The summed E-state index contributed by atoms with van der Waals surface area (Å²) in [6, 6.07) is 6.21. The van der Waals surface area contributed by atoms with Gasteiger partial charge in [-0.15, -0.1) is 0 Å². The van der Waals surface area contributed by atoms with Crippen LogP contribution in [0.2, 0.25) is 0 Å². The largest absolute Gasteiger partial charge is 0.489 e. The van der Waals surface area contributed by atoms with Crippen molar-refractivity contribution in [3.8, 4) is 5.75 Å². The van der Waals surface area contributed by atoms with Gasteiger partial charge in [0, 0.05) is 43.6 Å². The summed E-state index contributed by atoms with van der Waals surface area (Å²) < 4.78 is 11.6. The van der Waals surface area contributed by atoms with Crippen molar-refractivity contribution in [1.82, 2.24) is 14.9 Å². The SMILES string of the molecule is CC.CC.CC.CC(C)(C)OC(=O)N1CCN2c3ccc(Nc4ncc(C(N)=O)c(NC5CC5)n4)cc3OC[C@H]2C1. The summed E-state index contributed by atoms with van der Waals surface area (Å²) in [6.07, 6.45) is 3.23. The van der Waals surface area contributed by atoms with Crippen LogP contribution in [-0.2, 0) is 4.74 Å². The third-order valence-corrected chi connectivity index (χ3v) is 6.06. The van der Waals surface area contributed by atoms with Gasteiger partial charge in [0.25, 0.3) is 5.91 Å². The third-order valence-electron chi connectivity index (χ3n) is 6.06. The first-order chi connectivity index (χ1) is 19.7. The fourth-order valence-corrected chi connectivity index (χ4v) is 4.22. The first-order valence-electron chi connectivity index (χ1n) is 14.9. The molecule has 0 spiro atoms. The number of hydrogen-bond donors (Lipinski definition) is 3. The van der Waals surface area contributed by atoms with E-state index in [9.17, 15) is 9.59 Å². The van der Waals surface area contributed by atoms with Crippen LogP contribution in [0.4, 0.5) is 27.9 Å². The molecule has 2 fully saturated rings. The number of nitrogens with one attached hydrogen (secondary N) is 2. The molecule has 1 saturated carbocycles. The number of carbonyl (C=O) groups is 2. The van der Waals surface area contributed by atoms with Gasteiger partial charge in [0.15, 0.2) is 0 Å². The minimum atomic E-state index is -0.566. The van der Waals surface area contributed by atoms with Gasteiger partial charge < -0.3 is 35.6 Å². The van der Waals surface area contributed by atoms with Crippen molar-refractivity contribution in [1.29, 1.82) is 0 Å². The lowest BCUT2D eigenvalue weighted by Crippen LogP contribution is -2.59. The second kappa shape index (κ2) is 15.3. The monoisotopic (exact) mass is 571 g/mol. The number of aromatic nitrogens is 2. The van der Waals surface area contributed by atoms with Crippen molar-refractivity contribution in [2.45, 2.75) is 92.8 Å². The Morgan fingerprint density at radius 3 is 2.37 bits per heavy atom. The smallest absolute Gasteiger partial charge is 0.410 e. The van der Waals surface area contributed by atoms with Crippen LogP contribution in [0.5, 0.6) is 5.75 Å². The van der Waals surface area contributed by atoms with Crippen LogP contribution >= 0.6 is 0 Å². The molecule has 2 aromatic rings. The van der Waals surface area contributed by atoms with E-state index in [1.54, 1.807) is 4.90 Å². The lowest BCUT2D eigenvalue weighted by atomic mass is 10.1. The molecule has 228 valence electrons. The molecular formula is C30H49N7O4. The molecule has 1 atom stereocenters. The molecule has 0 radical (unpaired) electrons. The Labute approximate surface area is 245 Å². The Kier molecular flexibility index (Phi) is 12.5. The van der Waals surface area contributed by atoms with Gasteiger partial charge in [-0.3, -0.25) is 4.79 Å². The van der Waals surface area contributed by atoms with Gasteiger partial charge in [-0.05, 0) is 45.7 Å². The highest BCUT2D eigenvalue weighted by atomic mass is 16.6. The predicted molar refractivity (Wildman–Crippen MR) is 165 cm³/mol. The van der Waals surface area contributed by atoms with E-state index >= 15 is 0 Å². The van der Waals surface area contributed by atoms with Gasteiger partial charge in [-0.1, -0.05) is 41.5 Å². The highest BCUT2D eigenvalue weighted by molar-refractivity contribution is 5.97. The van der Waals surface area contributed by atoms with E-state index in [2.05, 4.69) is 25.5 Å². The van der Waals surface area contributed by atoms with E-state index in [1.165, 1.54) is 6.20 Å². The summed E-state index contributed by atoms with van der Waals surface area (Å²) in [7, 11) is 0. The summed E-state index contributed by atoms with van der Waals surface area (Å²) >= 11 is 0. The van der Waals surface area contributed by atoms with E-state index in [-0.39, 0.29) is 17.7 Å². The lowest BCUT2D eigenvalue weighted by Gasteiger charge is -2.45. The Bertz CT molecular complexity index is 1150. The highest BCUT2D eigenvalue weighted by Gasteiger charge is 2.36. The number of hydrogen-bond acceptors (Lipinski definition) is 9. The van der Waals surface area contributed by atoms with Crippen LogP contribution < -0.4 is 26.0 Å². The minimum Gasteiger partial charge on any atom is -0.489 e. The molecule has 1 aliphatic carbocycles. The zero-order valence-corrected chi connectivity index (χ0v) is 26.2. The molecule has 1 saturated heterocycles. The molecule has 4 N–H and O–H groups in total. The summed E-state index contributed by atoms with van der Waals surface area (Å²) in [6.45, 7) is 19.9. The standard InChI is InChI=1S/C24H31N7O4.3C2H6/c1-24(2,3)35-23(33)30-8-9-31-16(12-30)13-34-19-10-15(6-7-18(19)31)28-22-26-11-17(20(25)32)21(29-22)27-14-4-5-14;3*1-2/h6-7,10-11,14,16H,4-5,8-9,12-13H2,1-3H3,(H2,25,32)(H2,26,27,28,29);3*1-2H3/t16-;;;/m1.../s1. The molecule has 11 heteroatoms. The summed E-state index contributed by atoms with van der Waals surface area (Å²) in [5.74, 6) is 0.987. The van der Waals surface area contributed by atoms with Crippen LogP contribution in [0.1, 0.15) is 85.5 Å². The summed E-state index contributed by atoms with van der Waals surface area (Å²) in [4.78, 5) is 36.9. The van der Waals surface area contributed by atoms with Crippen LogP contribution in [0.3, 0.4) is 0 Å². The van der Waals surface area contributed by atoms with Crippen LogP contribution in [0, 0.1) is 0 Å². The maximum absolute atomic E-state index is 12.5. The van der Waals surface area contributed by atoms with E-state index < -0.39 is 11.5 Å². The number of carbonyl (C=O) groups excluding carboxylic acids is 2. The highest BCUT2D eigenvalue weighted by Crippen LogP contribution is 2.38. The molecule has 5 rings (SSSR count). The number of ether oxygens (including phenoxy) is 2. The van der Waals surface area contributed by atoms with Gasteiger partial charge in [0.05, 0.1) is 17.3 Å². The molecule has 2 amide bonds. The van der Waals surface area contributed by atoms with E-state index in [1.807, 2.05) is 80.5 Å². The van der Waals surface area contributed by atoms with Crippen molar-refractivity contribution >= 4 is 35.1 Å². The molecule has 3 heterocycles. The second-order valence-corrected chi connectivity index (χ2v) is 10.1. The molecule has 11 nitrogen and oxygen atoms in total. The number of amides is 2. The second-order valence-electron chi connectivity index (χ2n) is 10.1. The number of piperazine rings is 1. The van der Waals surface area contributed by atoms with E-state index in [0.29, 0.717) is 44.0 Å². The van der Waals surface area contributed by atoms with Crippen LogP contribution in [0.25, 0.3) is 0 Å². The molecule has 2 aliphatic heterocycles. The Morgan fingerprint density at radius 2 is 1.76 bits per heavy atom. The Hall–Kier alpha value is -3.76. The summed E-state index contributed by atoms with van der Waals surface area (Å²) in [5, 5.41) is 6.42. The van der Waals surface area contributed by atoms with Crippen LogP contribution in [-0.4, -0.2) is 70.8 Å². The van der Waals surface area contributed by atoms with E-state index in [4.69, 9.17) is 15.2 Å². The zero-order chi connectivity index (χ0) is 30.7. The van der Waals surface area contributed by atoms with Crippen molar-refractivity contribution in [3.05, 3.63) is 30.0 Å². The maximum atomic E-state index is 12.5. The van der Waals surface area contributed by atoms with Crippen molar-refractivity contribution < 1.29 is 19.1 Å². The quantitative estimate of drug-likeness (QED) is 0.407. The fraction of sp³-hybridized carbons (Fsp3) is 0.600. The Morgan fingerprint density at radius 1 is 1.07 bits per heavy atom. The first-order valence-corrected chi connectivity index (χ1v) is 14.9. The number of rotatable bonds is 5. The number of primary amides is 1. The van der Waals surface area contributed by atoms with Crippen LogP contribution in [0.15, 0.2) is 24.4 Å². The van der Waals surface area contributed by atoms with Gasteiger partial charge in [-0.25, -0.2) is 9.78 Å². The number of anilines is 4. The number of benzene rings is 1. The molecule has 1 aromatic heterocycles. The Balaban J connectivity index is 0.000000921. The zero-order valence-electron chi connectivity index (χ0n) is 26.2. The minimum absolute atomic E-state index is 0.0586. The topological polar surface area (TPSA) is 135 Å². The molecule has 0 unspecified atom stereocenters. The molecule has 1 aromatic carbocycles. The van der Waals surface area contributed by atoms with Crippen molar-refractivity contribution in [3.63, 3.8) is 0 Å². The fourth-order valence-electron chi connectivity index (χ4n) is 4.22. The predicted octanol–water partition coefficient (Wildman–Crippen LogP) is 5.79. The molecule has 41 heavy (non-hydrogen) atoms.